The van der Waals surface area contributed by atoms with Crippen LogP contribution in [0.25, 0.3) is 33.0 Å². The fourth-order valence-corrected chi connectivity index (χ4v) is 3.11. The Morgan fingerprint density at radius 2 is 1.50 bits per heavy atom. The molecular weight excluding hydrogens is 246 g/mol. The van der Waals surface area contributed by atoms with Crippen LogP contribution in [-0.2, 0) is 5.54 Å². The Hall–Kier alpha value is -2.22. The van der Waals surface area contributed by atoms with Crippen molar-refractivity contribution in [3.63, 3.8) is 0 Å². The van der Waals surface area contributed by atoms with Crippen molar-refractivity contribution in [2.45, 2.75) is 26.3 Å². The van der Waals surface area contributed by atoms with Crippen LogP contribution in [0.15, 0.2) is 52.9 Å². The van der Waals surface area contributed by atoms with Crippen molar-refractivity contribution in [3.05, 3.63) is 48.5 Å². The third-order valence-corrected chi connectivity index (χ3v) is 3.85. The number of para-hydroxylation sites is 2. The molecule has 4 rings (SSSR count). The highest BCUT2D eigenvalue weighted by molar-refractivity contribution is 6.15. The van der Waals surface area contributed by atoms with Gasteiger partial charge in [-0.1, -0.05) is 24.3 Å². The van der Waals surface area contributed by atoms with E-state index >= 15 is 0 Å². The first-order chi connectivity index (χ1) is 9.57. The van der Waals surface area contributed by atoms with Crippen LogP contribution in [-0.4, -0.2) is 4.57 Å². The second-order valence-electron chi connectivity index (χ2n) is 6.30. The summed E-state index contributed by atoms with van der Waals surface area (Å²) in [6.45, 7) is 6.71. The third kappa shape index (κ3) is 1.39. The number of nitrogens with zero attached hydrogens (tertiary/aromatic N) is 1. The van der Waals surface area contributed by atoms with Crippen LogP contribution in [0.4, 0.5) is 0 Å². The molecule has 100 valence electrons. The lowest BCUT2D eigenvalue weighted by molar-refractivity contribution is 0.423. The van der Waals surface area contributed by atoms with Gasteiger partial charge in [0.15, 0.2) is 5.58 Å². The topological polar surface area (TPSA) is 18.1 Å². The van der Waals surface area contributed by atoms with Crippen LogP contribution in [0.1, 0.15) is 20.8 Å². The van der Waals surface area contributed by atoms with Crippen LogP contribution < -0.4 is 0 Å². The first-order valence-corrected chi connectivity index (χ1v) is 6.98. The Kier molecular flexibility index (Phi) is 2.12. The summed E-state index contributed by atoms with van der Waals surface area (Å²) in [5.41, 5.74) is 4.40. The highest BCUT2D eigenvalue weighted by Crippen LogP contribution is 2.39. The zero-order valence-electron chi connectivity index (χ0n) is 12.0. The van der Waals surface area contributed by atoms with Crippen molar-refractivity contribution in [2.75, 3.05) is 0 Å². The fourth-order valence-electron chi connectivity index (χ4n) is 3.11. The number of hydrogen-bond acceptors (Lipinski definition) is 1. The molecule has 0 saturated heterocycles. The van der Waals surface area contributed by atoms with Crippen LogP contribution in [0, 0.1) is 0 Å². The molecule has 20 heavy (non-hydrogen) atoms. The molecule has 0 aliphatic carbocycles. The highest BCUT2D eigenvalue weighted by Gasteiger charge is 2.24. The van der Waals surface area contributed by atoms with E-state index in [1.165, 1.54) is 21.8 Å². The molecule has 0 radical (unpaired) electrons. The van der Waals surface area contributed by atoms with Crippen molar-refractivity contribution in [2.24, 2.45) is 0 Å². The second kappa shape index (κ2) is 3.66. The van der Waals surface area contributed by atoms with E-state index in [0.717, 1.165) is 11.2 Å². The smallest absolute Gasteiger partial charge is 0.161 e. The minimum absolute atomic E-state index is 0.00793. The van der Waals surface area contributed by atoms with Gasteiger partial charge in [0.05, 0.1) is 11.0 Å². The number of rotatable bonds is 0. The summed E-state index contributed by atoms with van der Waals surface area (Å²) in [7, 11) is 0. The standard InChI is InChI=1S/C18H17NO/c1-18(2,3)19-14-10-6-4-8-12(14)17-16(19)13-9-5-7-11-15(13)20-17/h4-11H,1-3H3. The molecule has 2 nitrogen and oxygen atoms in total. The first kappa shape index (κ1) is 11.6. The maximum Gasteiger partial charge on any atom is 0.161 e. The molecular formula is C18H17NO. The highest BCUT2D eigenvalue weighted by atomic mass is 16.3. The Labute approximate surface area is 117 Å². The molecule has 0 aliphatic rings. The summed E-state index contributed by atoms with van der Waals surface area (Å²) in [6.07, 6.45) is 0. The molecule has 2 aromatic carbocycles. The van der Waals surface area contributed by atoms with Gasteiger partial charge in [0.25, 0.3) is 0 Å². The zero-order valence-corrected chi connectivity index (χ0v) is 12.0. The molecule has 0 spiro atoms. The van der Waals surface area contributed by atoms with Gasteiger partial charge in [0.1, 0.15) is 5.58 Å². The van der Waals surface area contributed by atoms with E-state index in [9.17, 15) is 0 Å². The van der Waals surface area contributed by atoms with Gasteiger partial charge in [0, 0.05) is 16.3 Å². The van der Waals surface area contributed by atoms with Crippen LogP contribution >= 0.6 is 0 Å². The lowest BCUT2D eigenvalue weighted by Gasteiger charge is -2.23. The Morgan fingerprint density at radius 3 is 2.25 bits per heavy atom. The van der Waals surface area contributed by atoms with E-state index in [-0.39, 0.29) is 5.54 Å². The Bertz CT molecular complexity index is 928. The summed E-state index contributed by atoms with van der Waals surface area (Å²) in [4.78, 5) is 0. The first-order valence-electron chi connectivity index (χ1n) is 6.98. The number of fused-ring (bicyclic) bond motifs is 5. The largest absolute Gasteiger partial charge is 0.454 e. The van der Waals surface area contributed by atoms with Gasteiger partial charge < -0.3 is 8.98 Å². The van der Waals surface area contributed by atoms with Crippen molar-refractivity contribution in [1.29, 1.82) is 0 Å². The summed E-state index contributed by atoms with van der Waals surface area (Å²) in [5.74, 6) is 0. The summed E-state index contributed by atoms with van der Waals surface area (Å²) < 4.78 is 8.51. The lowest BCUT2D eigenvalue weighted by Crippen LogP contribution is -2.21. The normalized spacial score (nSPS) is 12.8. The number of benzene rings is 2. The molecule has 0 N–H and O–H groups in total. The van der Waals surface area contributed by atoms with Crippen molar-refractivity contribution in [3.8, 4) is 0 Å². The van der Waals surface area contributed by atoms with E-state index in [0.29, 0.717) is 0 Å². The zero-order chi connectivity index (χ0) is 13.9. The predicted molar refractivity (Wildman–Crippen MR) is 84.2 cm³/mol. The number of furan rings is 1. The van der Waals surface area contributed by atoms with Gasteiger partial charge in [-0.25, -0.2) is 0 Å². The molecule has 0 aliphatic heterocycles. The molecule has 0 atom stereocenters. The van der Waals surface area contributed by atoms with E-state index in [2.05, 4.69) is 61.7 Å². The Balaban J connectivity index is 2.35. The minimum Gasteiger partial charge on any atom is -0.454 e. The van der Waals surface area contributed by atoms with E-state index in [1.807, 2.05) is 12.1 Å². The van der Waals surface area contributed by atoms with E-state index in [1.54, 1.807) is 0 Å². The van der Waals surface area contributed by atoms with Crippen molar-refractivity contribution >= 4 is 33.0 Å². The monoisotopic (exact) mass is 263 g/mol. The van der Waals surface area contributed by atoms with Crippen molar-refractivity contribution < 1.29 is 4.42 Å². The molecule has 4 aromatic rings. The molecule has 2 heteroatoms. The van der Waals surface area contributed by atoms with Gasteiger partial charge in [-0.3, -0.25) is 0 Å². The fraction of sp³-hybridized carbons (Fsp3) is 0.222. The van der Waals surface area contributed by atoms with E-state index < -0.39 is 0 Å². The van der Waals surface area contributed by atoms with Crippen molar-refractivity contribution in [1.82, 2.24) is 4.57 Å². The van der Waals surface area contributed by atoms with Crippen LogP contribution in [0.5, 0.6) is 0 Å². The number of aromatic nitrogens is 1. The maximum atomic E-state index is 6.12. The lowest BCUT2D eigenvalue weighted by atomic mass is 10.1. The van der Waals surface area contributed by atoms with Gasteiger partial charge in [0.2, 0.25) is 0 Å². The molecule has 2 aromatic heterocycles. The SMILES string of the molecule is CC(C)(C)n1c2ccccc2c2oc3ccccc3c21. The van der Waals surface area contributed by atoms with Crippen LogP contribution in [0.3, 0.4) is 0 Å². The summed E-state index contributed by atoms with van der Waals surface area (Å²) in [5, 5.41) is 2.38. The average molecular weight is 263 g/mol. The summed E-state index contributed by atoms with van der Waals surface area (Å²) >= 11 is 0. The quantitative estimate of drug-likeness (QED) is 0.421. The molecule has 0 fully saturated rings. The van der Waals surface area contributed by atoms with Gasteiger partial charge >= 0.3 is 0 Å². The molecule has 0 amide bonds. The molecule has 0 bridgehead atoms. The van der Waals surface area contributed by atoms with Gasteiger partial charge in [-0.2, -0.15) is 0 Å². The molecule has 0 saturated carbocycles. The molecule has 0 unspecified atom stereocenters. The summed E-state index contributed by atoms with van der Waals surface area (Å²) in [6, 6.07) is 16.7. The Morgan fingerprint density at radius 1 is 0.850 bits per heavy atom. The molecule has 2 heterocycles. The average Bonchev–Trinajstić information content (AvgIpc) is 2.92. The number of hydrogen-bond donors (Lipinski definition) is 0. The maximum absolute atomic E-state index is 6.12. The van der Waals surface area contributed by atoms with Gasteiger partial charge in [-0.05, 0) is 45.0 Å². The van der Waals surface area contributed by atoms with Crippen LogP contribution in [0.2, 0.25) is 0 Å². The minimum atomic E-state index is 0.00793. The van der Waals surface area contributed by atoms with Gasteiger partial charge in [-0.15, -0.1) is 0 Å². The van der Waals surface area contributed by atoms with E-state index in [4.69, 9.17) is 4.42 Å². The predicted octanol–water partition coefficient (Wildman–Crippen LogP) is 5.30. The second-order valence-corrected chi connectivity index (χ2v) is 6.30. The third-order valence-electron chi connectivity index (χ3n) is 3.85.